The van der Waals surface area contributed by atoms with Gasteiger partial charge in [0.2, 0.25) is 0 Å². The van der Waals surface area contributed by atoms with E-state index >= 15 is 0 Å². The van der Waals surface area contributed by atoms with Crippen LogP contribution < -0.4 is 0 Å². The molecule has 0 saturated carbocycles. The molecule has 0 aromatic rings. The number of carbonyl (C=O) groups excluding carboxylic acids is 1. The monoisotopic (exact) mass is 558 g/mol. The van der Waals surface area contributed by atoms with Gasteiger partial charge in [0.05, 0.1) is 12.2 Å². The zero-order chi connectivity index (χ0) is 28.8. The number of hydrogen-bond acceptors (Lipinski definition) is 8. The third kappa shape index (κ3) is 5.51. The van der Waals surface area contributed by atoms with Crippen LogP contribution in [0.15, 0.2) is 47.1 Å². The summed E-state index contributed by atoms with van der Waals surface area (Å²) in [7, 11) is 1.49. The number of fused-ring (bicyclic) bond motifs is 2. The van der Waals surface area contributed by atoms with Crippen molar-refractivity contribution in [1.82, 2.24) is 0 Å². The molecular weight excluding hydrogens is 512 g/mol. The van der Waals surface area contributed by atoms with Crippen LogP contribution in [0.2, 0.25) is 0 Å². The number of esters is 1. The van der Waals surface area contributed by atoms with Gasteiger partial charge in [0.1, 0.15) is 29.8 Å². The molecule has 0 unspecified atom stereocenters. The third-order valence-corrected chi connectivity index (χ3v) is 9.55. The second-order valence-corrected chi connectivity index (χ2v) is 12.7. The molecule has 40 heavy (non-hydrogen) atoms. The summed E-state index contributed by atoms with van der Waals surface area (Å²) in [4.78, 5) is 14.0. The van der Waals surface area contributed by atoms with Gasteiger partial charge in [-0.3, -0.25) is 4.79 Å². The van der Waals surface area contributed by atoms with Crippen molar-refractivity contribution in [1.29, 1.82) is 0 Å². The number of ether oxygens (including phenoxy) is 5. The Labute approximate surface area is 238 Å². The number of aliphatic hydroxyl groups is 2. The van der Waals surface area contributed by atoms with Gasteiger partial charge in [-0.1, -0.05) is 49.8 Å². The van der Waals surface area contributed by atoms with E-state index in [0.29, 0.717) is 36.3 Å². The van der Waals surface area contributed by atoms with E-state index in [1.54, 1.807) is 19.1 Å². The van der Waals surface area contributed by atoms with Crippen molar-refractivity contribution in [2.24, 2.45) is 17.8 Å². The normalized spacial score (nSPS) is 49.6. The van der Waals surface area contributed by atoms with Crippen LogP contribution in [0, 0.1) is 17.8 Å². The Bertz CT molecular complexity index is 1090. The molecule has 222 valence electrons. The molecule has 1 aliphatic carbocycles. The van der Waals surface area contributed by atoms with Crippen LogP contribution in [0.25, 0.3) is 0 Å². The standard InChI is InChI=1S/C32H46O8/c1-18-8-7-9-25-30(36-6)38-28-27(33)21(4)15-26(32(25,28)35)29(34)37-24-16-23(11-10-19(2)14-18)40-31(17-24)13-12-20(3)22(5)39-31/h7-10,15,18,20,22-24,26-28,30,33,35H,11-14,16-17H2,1-6H3/b8-7+,19-10+,25-9+/t18-,20-,22+,23+,24-,26-,27+,28+,30-,31-,32+/m0/s1. The molecule has 3 saturated heterocycles. The first-order valence-corrected chi connectivity index (χ1v) is 14.8. The minimum atomic E-state index is -1.83. The molecule has 3 fully saturated rings. The summed E-state index contributed by atoms with van der Waals surface area (Å²) in [5, 5.41) is 23.2. The maximum atomic E-state index is 14.0. The highest BCUT2D eigenvalue weighted by Crippen LogP contribution is 2.49. The highest BCUT2D eigenvalue weighted by Gasteiger charge is 2.63. The lowest BCUT2D eigenvalue weighted by Crippen LogP contribution is -2.58. The van der Waals surface area contributed by atoms with Crippen molar-refractivity contribution < 1.29 is 38.7 Å². The van der Waals surface area contributed by atoms with E-state index in [0.717, 1.165) is 19.3 Å². The molecule has 8 heteroatoms. The fourth-order valence-corrected chi connectivity index (χ4v) is 7.07. The smallest absolute Gasteiger partial charge is 0.316 e. The van der Waals surface area contributed by atoms with E-state index in [2.05, 4.69) is 39.8 Å². The Morgan fingerprint density at radius 1 is 1.12 bits per heavy atom. The van der Waals surface area contributed by atoms with Crippen LogP contribution >= 0.6 is 0 Å². The Balaban J connectivity index is 1.54. The summed E-state index contributed by atoms with van der Waals surface area (Å²) in [6, 6.07) is 0. The molecule has 2 bridgehead atoms. The Morgan fingerprint density at radius 2 is 1.90 bits per heavy atom. The summed E-state index contributed by atoms with van der Waals surface area (Å²) in [5.41, 5.74) is 0.373. The van der Waals surface area contributed by atoms with Crippen molar-refractivity contribution in [2.45, 2.75) is 121 Å². The van der Waals surface area contributed by atoms with Gasteiger partial charge in [0, 0.05) is 31.9 Å². The second kappa shape index (κ2) is 11.5. The van der Waals surface area contributed by atoms with Gasteiger partial charge < -0.3 is 33.9 Å². The Kier molecular flexibility index (Phi) is 8.50. The van der Waals surface area contributed by atoms with Crippen LogP contribution in [-0.4, -0.2) is 71.5 Å². The maximum absolute atomic E-state index is 14.0. The summed E-state index contributed by atoms with van der Waals surface area (Å²) in [6.07, 6.45) is 10.2. The van der Waals surface area contributed by atoms with Crippen molar-refractivity contribution in [3.05, 3.63) is 47.1 Å². The first-order chi connectivity index (χ1) is 19.0. The van der Waals surface area contributed by atoms with E-state index in [9.17, 15) is 15.0 Å². The van der Waals surface area contributed by atoms with Crippen LogP contribution in [0.3, 0.4) is 0 Å². The highest BCUT2D eigenvalue weighted by molar-refractivity contribution is 5.78. The minimum absolute atomic E-state index is 0.0350. The van der Waals surface area contributed by atoms with Crippen molar-refractivity contribution in [3.8, 4) is 0 Å². The maximum Gasteiger partial charge on any atom is 0.316 e. The lowest BCUT2D eigenvalue weighted by molar-refractivity contribution is -0.332. The lowest BCUT2D eigenvalue weighted by atomic mass is 9.70. The van der Waals surface area contributed by atoms with Gasteiger partial charge in [-0.2, -0.15) is 0 Å². The first kappa shape index (κ1) is 29.7. The largest absolute Gasteiger partial charge is 0.462 e. The molecule has 0 aromatic carbocycles. The molecule has 0 aromatic heterocycles. The van der Waals surface area contributed by atoms with Crippen LogP contribution in [0.4, 0.5) is 0 Å². The van der Waals surface area contributed by atoms with Crippen LogP contribution in [-0.2, 0) is 28.5 Å². The van der Waals surface area contributed by atoms with Gasteiger partial charge in [-0.25, -0.2) is 0 Å². The Morgan fingerprint density at radius 3 is 2.62 bits per heavy atom. The van der Waals surface area contributed by atoms with E-state index in [-0.39, 0.29) is 18.1 Å². The average Bonchev–Trinajstić information content (AvgIpc) is 3.19. The van der Waals surface area contributed by atoms with Crippen molar-refractivity contribution in [2.75, 3.05) is 7.11 Å². The van der Waals surface area contributed by atoms with Gasteiger partial charge in [0.25, 0.3) is 0 Å². The van der Waals surface area contributed by atoms with Crippen LogP contribution in [0.1, 0.15) is 73.1 Å². The van der Waals surface area contributed by atoms with Crippen molar-refractivity contribution >= 4 is 5.97 Å². The third-order valence-electron chi connectivity index (χ3n) is 9.55. The summed E-state index contributed by atoms with van der Waals surface area (Å²) >= 11 is 0. The fraction of sp³-hybridized carbons (Fsp3) is 0.719. The number of aliphatic hydroxyl groups excluding tert-OH is 1. The number of methoxy groups -OCH3 is 1. The van der Waals surface area contributed by atoms with Gasteiger partial charge in [-0.05, 0) is 57.4 Å². The summed E-state index contributed by atoms with van der Waals surface area (Å²) < 4.78 is 30.9. The topological polar surface area (TPSA) is 104 Å². The van der Waals surface area contributed by atoms with Gasteiger partial charge in [-0.15, -0.1) is 0 Å². The zero-order valence-electron chi connectivity index (χ0n) is 24.7. The minimum Gasteiger partial charge on any atom is -0.462 e. The highest BCUT2D eigenvalue weighted by atomic mass is 16.7. The average molecular weight is 559 g/mol. The van der Waals surface area contributed by atoms with Gasteiger partial charge >= 0.3 is 5.97 Å². The second-order valence-electron chi connectivity index (χ2n) is 12.7. The summed E-state index contributed by atoms with van der Waals surface area (Å²) in [5.74, 6) is -1.77. The molecule has 11 atom stereocenters. The van der Waals surface area contributed by atoms with Gasteiger partial charge in [0.15, 0.2) is 12.1 Å². The molecule has 8 nitrogen and oxygen atoms in total. The molecule has 0 radical (unpaired) electrons. The number of hydrogen-bond donors (Lipinski definition) is 2. The molecule has 5 aliphatic rings. The molecule has 5 rings (SSSR count). The molecule has 4 aliphatic heterocycles. The predicted molar refractivity (Wildman–Crippen MR) is 149 cm³/mol. The first-order valence-electron chi connectivity index (χ1n) is 14.8. The number of allylic oxidation sites excluding steroid dienone is 4. The van der Waals surface area contributed by atoms with E-state index in [1.165, 1.54) is 12.7 Å². The molecule has 4 heterocycles. The van der Waals surface area contributed by atoms with E-state index in [1.807, 2.05) is 6.08 Å². The molecule has 0 amide bonds. The summed E-state index contributed by atoms with van der Waals surface area (Å²) in [6.45, 7) is 10.3. The molecular formula is C32H46O8. The van der Waals surface area contributed by atoms with E-state index < -0.39 is 47.9 Å². The number of carbonyl (C=O) groups is 1. The number of rotatable bonds is 1. The fourth-order valence-electron chi connectivity index (χ4n) is 7.07. The molecule has 1 spiro atoms. The Hall–Kier alpha value is -1.81. The zero-order valence-corrected chi connectivity index (χ0v) is 24.7. The van der Waals surface area contributed by atoms with Crippen molar-refractivity contribution in [3.63, 3.8) is 0 Å². The quantitative estimate of drug-likeness (QED) is 0.358. The van der Waals surface area contributed by atoms with E-state index in [4.69, 9.17) is 23.7 Å². The SMILES string of the molecule is CO[C@H]1O[C@@H]2[C@H](O)C(C)=C[C@H]3C(=O)O[C@H]4C[C@@H](C/C=C(\C)C[C@@H](C)/C=C/C=C\1[C@]23O)O[C@@]1(CC[C@H](C)[C@@H](C)O1)C4. The van der Waals surface area contributed by atoms with Crippen LogP contribution in [0.5, 0.6) is 0 Å². The molecule has 2 N–H and O–H groups in total. The lowest BCUT2D eigenvalue weighted by Gasteiger charge is -2.49. The predicted octanol–water partition coefficient (Wildman–Crippen LogP) is 4.51.